The van der Waals surface area contributed by atoms with Crippen LogP contribution in [0.2, 0.25) is 0 Å². The topological polar surface area (TPSA) is 84.7 Å². The lowest BCUT2D eigenvalue weighted by atomic mass is 10.4. The van der Waals surface area contributed by atoms with Gasteiger partial charge in [-0.1, -0.05) is 0 Å². The van der Waals surface area contributed by atoms with Crippen LogP contribution >= 0.6 is 0 Å². The Kier molecular flexibility index (Phi) is 3.01. The molecule has 0 unspecified atom stereocenters. The molecule has 3 N–H and O–H groups in total. The molecule has 1 heterocycles. The summed E-state index contributed by atoms with van der Waals surface area (Å²) in [6.07, 6.45) is 0. The van der Waals surface area contributed by atoms with Crippen LogP contribution in [0.4, 0.5) is 0 Å². The van der Waals surface area contributed by atoms with E-state index in [1.54, 1.807) is 0 Å². The van der Waals surface area contributed by atoms with Gasteiger partial charge in [0.1, 0.15) is 0 Å². The Morgan fingerprint density at radius 1 is 1.33 bits per heavy atom. The van der Waals surface area contributed by atoms with Crippen LogP contribution < -0.4 is 11.1 Å². The number of piperazine rings is 1. The zero-order valence-corrected chi connectivity index (χ0v) is 6.58. The van der Waals surface area contributed by atoms with Crippen LogP contribution in [-0.4, -0.2) is 43.1 Å². The quantitative estimate of drug-likeness (QED) is 0.441. The van der Waals surface area contributed by atoms with Gasteiger partial charge in [0.25, 0.3) is 0 Å². The molecule has 1 aliphatic rings. The Morgan fingerprint density at radius 3 is 2.42 bits per heavy atom. The molecule has 1 aliphatic heterocycles. The first-order valence-electron chi connectivity index (χ1n) is 3.67. The van der Waals surface area contributed by atoms with Gasteiger partial charge in [0.15, 0.2) is 0 Å². The van der Waals surface area contributed by atoms with Gasteiger partial charge in [-0.3, -0.25) is 4.79 Å². The Hall–Kier alpha value is -1.14. The zero-order chi connectivity index (χ0) is 8.97. The Labute approximate surface area is 69.6 Å². The molecule has 0 radical (unpaired) electrons. The number of primary amides is 1. The van der Waals surface area contributed by atoms with Gasteiger partial charge in [-0.15, -0.1) is 5.06 Å². The van der Waals surface area contributed by atoms with Crippen LogP contribution in [0.25, 0.3) is 0 Å². The second-order valence-electron chi connectivity index (χ2n) is 2.42. The van der Waals surface area contributed by atoms with E-state index in [0.29, 0.717) is 13.1 Å². The van der Waals surface area contributed by atoms with Gasteiger partial charge >= 0.3 is 11.9 Å². The molecule has 0 aromatic carbocycles. The minimum Gasteiger partial charge on any atom is -0.360 e. The molecule has 1 amide bonds. The van der Waals surface area contributed by atoms with Gasteiger partial charge in [0.2, 0.25) is 0 Å². The predicted molar refractivity (Wildman–Crippen MR) is 39.7 cm³/mol. The van der Waals surface area contributed by atoms with E-state index in [0.717, 1.165) is 13.1 Å². The first-order valence-corrected chi connectivity index (χ1v) is 3.67. The average molecular weight is 173 g/mol. The third kappa shape index (κ3) is 2.48. The summed E-state index contributed by atoms with van der Waals surface area (Å²) in [4.78, 5) is 25.6. The van der Waals surface area contributed by atoms with Gasteiger partial charge in [-0.2, -0.15) is 0 Å². The summed E-state index contributed by atoms with van der Waals surface area (Å²) < 4.78 is 0. The fraction of sp³-hybridized carbons (Fsp3) is 0.667. The average Bonchev–Trinajstić information content (AvgIpc) is 2.06. The van der Waals surface area contributed by atoms with Crippen molar-refractivity contribution < 1.29 is 14.4 Å². The smallest absolute Gasteiger partial charge is 0.360 e. The minimum absolute atomic E-state index is 0.582. The molecule has 1 rings (SSSR count). The van der Waals surface area contributed by atoms with E-state index in [2.05, 4.69) is 10.2 Å². The SMILES string of the molecule is NC(=O)C(=O)ON1CCNCC1. The van der Waals surface area contributed by atoms with Crippen molar-refractivity contribution in [1.82, 2.24) is 10.4 Å². The lowest BCUT2D eigenvalue weighted by Crippen LogP contribution is -2.45. The molecule has 0 saturated carbocycles. The third-order valence-electron chi connectivity index (χ3n) is 1.49. The maximum Gasteiger partial charge on any atom is 0.415 e. The highest BCUT2D eigenvalue weighted by Gasteiger charge is 2.17. The van der Waals surface area contributed by atoms with Crippen LogP contribution in [0.15, 0.2) is 0 Å². The van der Waals surface area contributed by atoms with Crippen LogP contribution in [0.1, 0.15) is 0 Å². The van der Waals surface area contributed by atoms with Crippen LogP contribution in [0.5, 0.6) is 0 Å². The Morgan fingerprint density at radius 2 is 1.92 bits per heavy atom. The predicted octanol–water partition coefficient (Wildman–Crippen LogP) is -2.16. The molecule has 0 bridgehead atoms. The van der Waals surface area contributed by atoms with Gasteiger partial charge in [0.05, 0.1) is 0 Å². The summed E-state index contributed by atoms with van der Waals surface area (Å²) in [6, 6.07) is 0. The molecule has 6 nitrogen and oxygen atoms in total. The van der Waals surface area contributed by atoms with Crippen molar-refractivity contribution >= 4 is 11.9 Å². The maximum atomic E-state index is 10.7. The Balaban J connectivity index is 2.29. The number of nitrogens with two attached hydrogens (primary N) is 1. The van der Waals surface area contributed by atoms with E-state index in [1.165, 1.54) is 5.06 Å². The zero-order valence-electron chi connectivity index (χ0n) is 6.58. The molecule has 68 valence electrons. The summed E-state index contributed by atoms with van der Waals surface area (Å²) in [7, 11) is 0. The summed E-state index contributed by atoms with van der Waals surface area (Å²) >= 11 is 0. The number of nitrogens with one attached hydrogen (secondary N) is 1. The number of hydroxylamine groups is 2. The van der Waals surface area contributed by atoms with E-state index in [1.807, 2.05) is 0 Å². The number of hydrogen-bond acceptors (Lipinski definition) is 5. The lowest BCUT2D eigenvalue weighted by molar-refractivity contribution is -0.193. The molecule has 12 heavy (non-hydrogen) atoms. The number of hydrogen-bond donors (Lipinski definition) is 2. The highest BCUT2D eigenvalue weighted by Crippen LogP contribution is 1.93. The molecule has 1 fully saturated rings. The molecule has 0 aromatic heterocycles. The number of nitrogens with zero attached hydrogens (tertiary/aromatic N) is 1. The summed E-state index contributed by atoms with van der Waals surface area (Å²) in [5.74, 6) is -2.06. The number of carbonyl (C=O) groups excluding carboxylic acids is 2. The monoisotopic (exact) mass is 173 g/mol. The number of carbonyl (C=O) groups is 2. The molecular weight excluding hydrogens is 162 g/mol. The highest BCUT2D eigenvalue weighted by molar-refractivity contribution is 6.31. The van der Waals surface area contributed by atoms with Gasteiger partial charge in [-0.05, 0) is 0 Å². The molecule has 0 aromatic rings. The number of rotatable bonds is 1. The first-order chi connectivity index (χ1) is 5.70. The first kappa shape index (κ1) is 8.95. The molecule has 1 saturated heterocycles. The Bertz CT molecular complexity index is 188. The molecule has 0 aliphatic carbocycles. The second kappa shape index (κ2) is 4.03. The van der Waals surface area contributed by atoms with Crippen LogP contribution in [-0.2, 0) is 14.4 Å². The van der Waals surface area contributed by atoms with Crippen LogP contribution in [0, 0.1) is 0 Å². The maximum absolute atomic E-state index is 10.7. The standard InChI is InChI=1S/C6H11N3O3/c7-5(10)6(11)12-9-3-1-8-2-4-9/h8H,1-4H2,(H2,7,10). The van der Waals surface area contributed by atoms with Crippen molar-refractivity contribution in [3.05, 3.63) is 0 Å². The van der Waals surface area contributed by atoms with Crippen molar-refractivity contribution in [2.45, 2.75) is 0 Å². The van der Waals surface area contributed by atoms with E-state index >= 15 is 0 Å². The fourth-order valence-electron chi connectivity index (χ4n) is 0.898. The molecule has 0 atom stereocenters. The minimum atomic E-state index is -1.06. The highest BCUT2D eigenvalue weighted by atomic mass is 16.7. The van der Waals surface area contributed by atoms with Crippen LogP contribution in [0.3, 0.4) is 0 Å². The second-order valence-corrected chi connectivity index (χ2v) is 2.42. The number of amides is 1. The lowest BCUT2D eigenvalue weighted by Gasteiger charge is -2.24. The van der Waals surface area contributed by atoms with E-state index in [-0.39, 0.29) is 0 Å². The van der Waals surface area contributed by atoms with Gasteiger partial charge in [-0.25, -0.2) is 4.79 Å². The fourth-order valence-corrected chi connectivity index (χ4v) is 0.898. The summed E-state index contributed by atoms with van der Waals surface area (Å²) in [6.45, 7) is 2.65. The van der Waals surface area contributed by atoms with Crippen molar-refractivity contribution in [2.24, 2.45) is 5.73 Å². The van der Waals surface area contributed by atoms with E-state index in [9.17, 15) is 9.59 Å². The van der Waals surface area contributed by atoms with Gasteiger partial charge in [0, 0.05) is 26.2 Å². The van der Waals surface area contributed by atoms with Crippen molar-refractivity contribution in [2.75, 3.05) is 26.2 Å². The van der Waals surface area contributed by atoms with E-state index in [4.69, 9.17) is 5.73 Å². The van der Waals surface area contributed by atoms with Crippen molar-refractivity contribution in [3.8, 4) is 0 Å². The molecule has 0 spiro atoms. The normalized spacial score (nSPS) is 18.7. The van der Waals surface area contributed by atoms with Gasteiger partial charge < -0.3 is 15.9 Å². The largest absolute Gasteiger partial charge is 0.415 e. The summed E-state index contributed by atoms with van der Waals surface area (Å²) in [5, 5.41) is 4.49. The van der Waals surface area contributed by atoms with Crippen molar-refractivity contribution in [3.63, 3.8) is 0 Å². The molecular formula is C6H11N3O3. The van der Waals surface area contributed by atoms with Crippen molar-refractivity contribution in [1.29, 1.82) is 0 Å². The van der Waals surface area contributed by atoms with E-state index < -0.39 is 11.9 Å². The third-order valence-corrected chi connectivity index (χ3v) is 1.49. The molecule has 6 heteroatoms. The summed E-state index contributed by atoms with van der Waals surface area (Å²) in [5.41, 5.74) is 4.70.